The maximum absolute atomic E-state index is 12.9. The lowest BCUT2D eigenvalue weighted by Crippen LogP contribution is -2.54. The molecule has 0 aromatic carbocycles. The van der Waals surface area contributed by atoms with Gasteiger partial charge in [-0.2, -0.15) is 13.2 Å². The molecule has 16 heavy (non-hydrogen) atoms. The van der Waals surface area contributed by atoms with E-state index < -0.39 is 17.5 Å². The number of nitrogens with zero attached hydrogens (tertiary/aromatic N) is 1. The maximum atomic E-state index is 12.9. The molecular formula is C11H20F3NO. The summed E-state index contributed by atoms with van der Waals surface area (Å²) in [5, 5.41) is 9.40. The molecule has 0 unspecified atom stereocenters. The van der Waals surface area contributed by atoms with Crippen molar-refractivity contribution in [2.45, 2.75) is 32.4 Å². The first kappa shape index (κ1) is 13.8. The first-order valence-electron chi connectivity index (χ1n) is 5.72. The summed E-state index contributed by atoms with van der Waals surface area (Å²) in [7, 11) is 1.81. The third-order valence-electron chi connectivity index (χ3n) is 3.58. The zero-order valence-corrected chi connectivity index (χ0v) is 9.85. The normalized spacial score (nSPS) is 33.0. The van der Waals surface area contributed by atoms with Gasteiger partial charge in [-0.05, 0) is 26.4 Å². The summed E-state index contributed by atoms with van der Waals surface area (Å²) < 4.78 is 38.8. The van der Waals surface area contributed by atoms with Crippen molar-refractivity contribution < 1.29 is 18.3 Å². The minimum absolute atomic E-state index is 0.0978. The van der Waals surface area contributed by atoms with Crippen molar-refractivity contribution in [3.63, 3.8) is 0 Å². The highest BCUT2D eigenvalue weighted by Crippen LogP contribution is 2.47. The molecule has 96 valence electrons. The van der Waals surface area contributed by atoms with Crippen molar-refractivity contribution in [3.05, 3.63) is 0 Å². The smallest absolute Gasteiger partial charge is 0.392 e. The van der Waals surface area contributed by atoms with E-state index in [0.717, 1.165) is 0 Å². The van der Waals surface area contributed by atoms with E-state index in [-0.39, 0.29) is 13.0 Å². The summed E-state index contributed by atoms with van der Waals surface area (Å²) in [6.07, 6.45) is -3.00. The zero-order valence-electron chi connectivity index (χ0n) is 9.85. The number of hydrogen-bond donors (Lipinski definition) is 1. The lowest BCUT2D eigenvalue weighted by molar-refractivity contribution is -0.230. The van der Waals surface area contributed by atoms with Crippen LogP contribution in [0.1, 0.15) is 26.2 Å². The Bertz CT molecular complexity index is 232. The third kappa shape index (κ3) is 2.69. The highest BCUT2D eigenvalue weighted by Gasteiger charge is 2.54. The van der Waals surface area contributed by atoms with E-state index in [4.69, 9.17) is 0 Å². The van der Waals surface area contributed by atoms with Gasteiger partial charge in [-0.1, -0.05) is 13.3 Å². The molecule has 1 rings (SSSR count). The number of aliphatic hydroxyl groups is 1. The van der Waals surface area contributed by atoms with E-state index in [1.807, 2.05) is 18.9 Å². The number of rotatable bonds is 3. The number of aliphatic hydroxyl groups excluding tert-OH is 1. The molecule has 0 aromatic heterocycles. The van der Waals surface area contributed by atoms with Crippen molar-refractivity contribution >= 4 is 0 Å². The van der Waals surface area contributed by atoms with Crippen LogP contribution < -0.4 is 0 Å². The van der Waals surface area contributed by atoms with Gasteiger partial charge in [0.25, 0.3) is 0 Å². The van der Waals surface area contributed by atoms with E-state index in [0.29, 0.717) is 25.9 Å². The minimum Gasteiger partial charge on any atom is -0.396 e. The van der Waals surface area contributed by atoms with Gasteiger partial charge < -0.3 is 10.0 Å². The van der Waals surface area contributed by atoms with Crippen molar-refractivity contribution in [2.24, 2.45) is 11.3 Å². The monoisotopic (exact) mass is 239 g/mol. The van der Waals surface area contributed by atoms with Crippen LogP contribution in [-0.4, -0.2) is 42.9 Å². The second-order valence-electron chi connectivity index (χ2n) is 4.89. The Balaban J connectivity index is 2.94. The molecule has 2 atom stereocenters. The lowest BCUT2D eigenvalue weighted by Gasteiger charge is -2.47. The molecule has 2 nitrogen and oxygen atoms in total. The van der Waals surface area contributed by atoms with Gasteiger partial charge in [0.05, 0.1) is 12.5 Å². The Labute approximate surface area is 94.4 Å². The molecule has 0 spiro atoms. The number of halogens is 3. The van der Waals surface area contributed by atoms with Gasteiger partial charge in [-0.3, -0.25) is 0 Å². The highest BCUT2D eigenvalue weighted by molar-refractivity contribution is 4.95. The molecule has 1 fully saturated rings. The molecule has 1 aliphatic heterocycles. The standard InChI is InChI=1S/C11H20F3NO/c1-3-5-10(8-16)7-15(2)6-4-9(10)11(12,13)14/h9,16H,3-8H2,1-2H3/t9-,10-/m0/s1. The molecule has 0 amide bonds. The molecule has 0 radical (unpaired) electrons. The Hall–Kier alpha value is -0.290. The molecule has 0 aliphatic carbocycles. The minimum atomic E-state index is -4.20. The predicted molar refractivity (Wildman–Crippen MR) is 56.1 cm³/mol. The lowest BCUT2D eigenvalue weighted by atomic mass is 9.68. The molecular weight excluding hydrogens is 219 g/mol. The van der Waals surface area contributed by atoms with Crippen molar-refractivity contribution in [1.82, 2.24) is 4.90 Å². The Morgan fingerprint density at radius 2 is 2.06 bits per heavy atom. The fourth-order valence-electron chi connectivity index (χ4n) is 2.88. The van der Waals surface area contributed by atoms with E-state index in [2.05, 4.69) is 0 Å². The van der Waals surface area contributed by atoms with Crippen LogP contribution in [0.4, 0.5) is 13.2 Å². The number of hydrogen-bond acceptors (Lipinski definition) is 2. The van der Waals surface area contributed by atoms with Crippen LogP contribution in [-0.2, 0) is 0 Å². The first-order valence-corrected chi connectivity index (χ1v) is 5.72. The van der Waals surface area contributed by atoms with Gasteiger partial charge in [0.2, 0.25) is 0 Å². The van der Waals surface area contributed by atoms with Crippen LogP contribution in [0.25, 0.3) is 0 Å². The SMILES string of the molecule is CCC[C@@]1(CO)CN(C)CC[C@@H]1C(F)(F)F. The summed E-state index contributed by atoms with van der Waals surface area (Å²) in [5.74, 6) is -1.36. The summed E-state index contributed by atoms with van der Waals surface area (Å²) in [4.78, 5) is 1.88. The maximum Gasteiger partial charge on any atom is 0.392 e. The fourth-order valence-corrected chi connectivity index (χ4v) is 2.88. The molecule has 0 bridgehead atoms. The van der Waals surface area contributed by atoms with E-state index in [1.165, 1.54) is 0 Å². The van der Waals surface area contributed by atoms with Crippen LogP contribution in [0.2, 0.25) is 0 Å². The predicted octanol–water partition coefficient (Wildman–Crippen LogP) is 2.28. The molecule has 0 aromatic rings. The van der Waals surface area contributed by atoms with E-state index in [1.54, 1.807) is 0 Å². The van der Waals surface area contributed by atoms with Crippen molar-refractivity contribution in [2.75, 3.05) is 26.7 Å². The number of likely N-dealkylation sites (tertiary alicyclic amines) is 1. The van der Waals surface area contributed by atoms with Gasteiger partial charge in [0.15, 0.2) is 0 Å². The van der Waals surface area contributed by atoms with Gasteiger partial charge in [0, 0.05) is 12.0 Å². The highest BCUT2D eigenvalue weighted by atomic mass is 19.4. The molecule has 1 N–H and O–H groups in total. The van der Waals surface area contributed by atoms with E-state index >= 15 is 0 Å². The summed E-state index contributed by atoms with van der Waals surface area (Å²) in [6.45, 7) is 2.27. The van der Waals surface area contributed by atoms with Crippen molar-refractivity contribution in [1.29, 1.82) is 0 Å². The Morgan fingerprint density at radius 1 is 1.44 bits per heavy atom. The van der Waals surface area contributed by atoms with Gasteiger partial charge in [-0.25, -0.2) is 0 Å². The summed E-state index contributed by atoms with van der Waals surface area (Å²) in [6, 6.07) is 0. The molecule has 1 heterocycles. The fraction of sp³-hybridized carbons (Fsp3) is 1.00. The Kier molecular flexibility index (Phi) is 4.23. The summed E-state index contributed by atoms with van der Waals surface area (Å²) in [5.41, 5.74) is -1.00. The molecule has 5 heteroatoms. The van der Waals surface area contributed by atoms with Crippen LogP contribution >= 0.6 is 0 Å². The zero-order chi connectivity index (χ0) is 12.4. The second kappa shape index (κ2) is 4.92. The average Bonchev–Trinajstić information content (AvgIpc) is 2.16. The number of piperidine rings is 1. The van der Waals surface area contributed by atoms with Crippen LogP contribution in [0.5, 0.6) is 0 Å². The molecule has 0 saturated carbocycles. The third-order valence-corrected chi connectivity index (χ3v) is 3.58. The van der Waals surface area contributed by atoms with Crippen molar-refractivity contribution in [3.8, 4) is 0 Å². The largest absolute Gasteiger partial charge is 0.396 e. The molecule has 1 aliphatic rings. The van der Waals surface area contributed by atoms with Crippen LogP contribution in [0, 0.1) is 11.3 Å². The van der Waals surface area contributed by atoms with Gasteiger partial charge in [-0.15, -0.1) is 0 Å². The second-order valence-corrected chi connectivity index (χ2v) is 4.89. The van der Waals surface area contributed by atoms with Gasteiger partial charge in [0.1, 0.15) is 0 Å². The topological polar surface area (TPSA) is 23.5 Å². The number of alkyl halides is 3. The first-order chi connectivity index (χ1) is 7.35. The average molecular weight is 239 g/mol. The summed E-state index contributed by atoms with van der Waals surface area (Å²) >= 11 is 0. The van der Waals surface area contributed by atoms with E-state index in [9.17, 15) is 18.3 Å². The van der Waals surface area contributed by atoms with Crippen LogP contribution in [0.15, 0.2) is 0 Å². The van der Waals surface area contributed by atoms with Gasteiger partial charge >= 0.3 is 6.18 Å². The van der Waals surface area contributed by atoms with Crippen LogP contribution in [0.3, 0.4) is 0 Å². The molecule has 1 saturated heterocycles. The Morgan fingerprint density at radius 3 is 2.50 bits per heavy atom. The quantitative estimate of drug-likeness (QED) is 0.816.